The van der Waals surface area contributed by atoms with E-state index >= 15 is 0 Å². The molecule has 0 saturated carbocycles. The van der Waals surface area contributed by atoms with Crippen molar-refractivity contribution in [3.63, 3.8) is 0 Å². The lowest BCUT2D eigenvalue weighted by atomic mass is 10.0. The van der Waals surface area contributed by atoms with Gasteiger partial charge in [0.1, 0.15) is 6.04 Å². The lowest BCUT2D eigenvalue weighted by molar-refractivity contribution is -0.139. The molecule has 0 bridgehead atoms. The Balaban J connectivity index is 4.86. The van der Waals surface area contributed by atoms with Crippen LogP contribution in [-0.4, -0.2) is 46.6 Å². The first-order valence-electron chi connectivity index (χ1n) is 6.36. The number of aliphatic hydroxyl groups is 1. The van der Waals surface area contributed by atoms with Crippen molar-refractivity contribution in [3.05, 3.63) is 0 Å². The summed E-state index contributed by atoms with van der Waals surface area (Å²) in [6, 6.07) is -0.537. The minimum Gasteiger partial charge on any atom is -0.389 e. The molecule has 0 aliphatic rings. The molecule has 5 nitrogen and oxygen atoms in total. The lowest BCUT2D eigenvalue weighted by Crippen LogP contribution is -2.53. The van der Waals surface area contributed by atoms with Crippen LogP contribution >= 0.6 is 0 Å². The number of hydrogen-bond donors (Lipinski definition) is 2. The maximum absolute atomic E-state index is 12.3. The predicted molar refractivity (Wildman–Crippen MR) is 71.0 cm³/mol. The van der Waals surface area contributed by atoms with Crippen LogP contribution in [0.15, 0.2) is 0 Å². The van der Waals surface area contributed by atoms with Gasteiger partial charge < -0.3 is 15.3 Å². The van der Waals surface area contributed by atoms with Crippen LogP contribution < -0.4 is 5.32 Å². The second-order valence-electron chi connectivity index (χ2n) is 5.59. The highest BCUT2D eigenvalue weighted by Gasteiger charge is 2.29. The van der Waals surface area contributed by atoms with Crippen LogP contribution in [0, 0.1) is 5.92 Å². The Morgan fingerprint density at radius 3 is 2.11 bits per heavy atom. The van der Waals surface area contributed by atoms with Crippen molar-refractivity contribution in [1.29, 1.82) is 0 Å². The first-order valence-corrected chi connectivity index (χ1v) is 6.36. The third-order valence-corrected chi connectivity index (χ3v) is 2.56. The summed E-state index contributed by atoms with van der Waals surface area (Å²) in [6.07, 6.45) is 0. The summed E-state index contributed by atoms with van der Waals surface area (Å²) in [7, 11) is 0. The smallest absolute Gasteiger partial charge is 0.245 e. The highest BCUT2D eigenvalue weighted by Crippen LogP contribution is 2.10. The van der Waals surface area contributed by atoms with Crippen molar-refractivity contribution >= 4 is 11.8 Å². The first kappa shape index (κ1) is 16.9. The van der Waals surface area contributed by atoms with Crippen molar-refractivity contribution in [2.45, 2.75) is 53.2 Å². The zero-order valence-corrected chi connectivity index (χ0v) is 12.3. The summed E-state index contributed by atoms with van der Waals surface area (Å²) in [5, 5.41) is 12.5. The molecule has 0 aliphatic heterocycles. The zero-order valence-electron chi connectivity index (χ0n) is 12.3. The largest absolute Gasteiger partial charge is 0.389 e. The Hall–Kier alpha value is -1.10. The van der Waals surface area contributed by atoms with E-state index in [4.69, 9.17) is 0 Å². The quantitative estimate of drug-likeness (QED) is 0.739. The SMILES string of the molecule is CCN(CC(C)(C)O)C(=O)C(NC(C)=O)C(C)C. The maximum Gasteiger partial charge on any atom is 0.245 e. The van der Waals surface area contributed by atoms with Crippen LogP contribution in [0.4, 0.5) is 0 Å². The molecule has 5 heteroatoms. The van der Waals surface area contributed by atoms with E-state index in [1.54, 1.807) is 18.7 Å². The van der Waals surface area contributed by atoms with E-state index in [0.717, 1.165) is 0 Å². The van der Waals surface area contributed by atoms with Crippen LogP contribution in [0.1, 0.15) is 41.5 Å². The normalized spacial score (nSPS) is 13.3. The number of carbonyl (C=O) groups excluding carboxylic acids is 2. The molecule has 0 radical (unpaired) electrons. The lowest BCUT2D eigenvalue weighted by Gasteiger charge is -2.32. The fourth-order valence-corrected chi connectivity index (χ4v) is 1.74. The van der Waals surface area contributed by atoms with Gasteiger partial charge in [0.05, 0.1) is 5.60 Å². The van der Waals surface area contributed by atoms with E-state index in [1.165, 1.54) is 6.92 Å². The van der Waals surface area contributed by atoms with E-state index in [2.05, 4.69) is 5.32 Å². The van der Waals surface area contributed by atoms with Gasteiger partial charge >= 0.3 is 0 Å². The van der Waals surface area contributed by atoms with E-state index in [1.807, 2.05) is 20.8 Å². The molecule has 18 heavy (non-hydrogen) atoms. The monoisotopic (exact) mass is 258 g/mol. The molecule has 1 unspecified atom stereocenters. The Kier molecular flexibility index (Phi) is 6.32. The number of likely N-dealkylation sites (N-methyl/N-ethyl adjacent to an activating group) is 1. The molecule has 1 atom stereocenters. The Bertz CT molecular complexity index is 295. The van der Waals surface area contributed by atoms with Gasteiger partial charge in [-0.25, -0.2) is 0 Å². The van der Waals surface area contributed by atoms with E-state index < -0.39 is 11.6 Å². The first-order chi connectivity index (χ1) is 8.08. The van der Waals surface area contributed by atoms with Gasteiger partial charge in [-0.1, -0.05) is 13.8 Å². The third kappa shape index (κ3) is 6.00. The standard InChI is InChI=1S/C13H26N2O3/c1-7-15(8-13(5,6)18)12(17)11(9(2)3)14-10(4)16/h9,11,18H,7-8H2,1-6H3,(H,14,16). The molecule has 0 aliphatic carbocycles. The van der Waals surface area contributed by atoms with Gasteiger partial charge in [0.25, 0.3) is 0 Å². The Labute approximate surface area is 110 Å². The Morgan fingerprint density at radius 2 is 1.83 bits per heavy atom. The second-order valence-corrected chi connectivity index (χ2v) is 5.59. The summed E-state index contributed by atoms with van der Waals surface area (Å²) in [5.41, 5.74) is -0.941. The summed E-state index contributed by atoms with van der Waals surface area (Å²) in [5.74, 6) is -0.358. The third-order valence-electron chi connectivity index (χ3n) is 2.56. The number of nitrogens with zero attached hydrogens (tertiary/aromatic N) is 1. The minimum atomic E-state index is -0.941. The van der Waals surface area contributed by atoms with Crippen LogP contribution in [-0.2, 0) is 9.59 Å². The molecule has 0 heterocycles. The minimum absolute atomic E-state index is 0.0113. The van der Waals surface area contributed by atoms with Crippen LogP contribution in [0.25, 0.3) is 0 Å². The van der Waals surface area contributed by atoms with Gasteiger partial charge in [0.2, 0.25) is 11.8 Å². The summed E-state index contributed by atoms with van der Waals surface area (Å²) >= 11 is 0. The second kappa shape index (κ2) is 6.73. The van der Waals surface area contributed by atoms with E-state index in [9.17, 15) is 14.7 Å². The van der Waals surface area contributed by atoms with Crippen molar-refractivity contribution in [3.8, 4) is 0 Å². The van der Waals surface area contributed by atoms with Crippen molar-refractivity contribution < 1.29 is 14.7 Å². The highest BCUT2D eigenvalue weighted by molar-refractivity contribution is 5.87. The molecule has 2 N–H and O–H groups in total. The number of nitrogens with one attached hydrogen (secondary N) is 1. The average Bonchev–Trinajstić information content (AvgIpc) is 2.19. The zero-order chi connectivity index (χ0) is 14.5. The summed E-state index contributed by atoms with van der Waals surface area (Å²) in [6.45, 7) is 11.1. The van der Waals surface area contributed by atoms with Gasteiger partial charge in [-0.2, -0.15) is 0 Å². The van der Waals surface area contributed by atoms with E-state index in [0.29, 0.717) is 6.54 Å². The molecule has 0 rings (SSSR count). The molecule has 0 aromatic carbocycles. The topological polar surface area (TPSA) is 69.6 Å². The maximum atomic E-state index is 12.3. The molecule has 0 spiro atoms. The molecule has 106 valence electrons. The molecule has 0 aromatic heterocycles. The molecular formula is C13H26N2O3. The van der Waals surface area contributed by atoms with Crippen LogP contribution in [0.3, 0.4) is 0 Å². The van der Waals surface area contributed by atoms with Gasteiger partial charge in [0, 0.05) is 20.0 Å². The van der Waals surface area contributed by atoms with Gasteiger partial charge in [-0.15, -0.1) is 0 Å². The highest BCUT2D eigenvalue weighted by atomic mass is 16.3. The molecular weight excluding hydrogens is 232 g/mol. The molecule has 0 saturated heterocycles. The Morgan fingerprint density at radius 1 is 1.33 bits per heavy atom. The number of rotatable bonds is 6. The van der Waals surface area contributed by atoms with Crippen LogP contribution in [0.2, 0.25) is 0 Å². The van der Waals surface area contributed by atoms with Crippen molar-refractivity contribution in [2.24, 2.45) is 5.92 Å². The van der Waals surface area contributed by atoms with Crippen molar-refractivity contribution in [1.82, 2.24) is 10.2 Å². The summed E-state index contributed by atoms with van der Waals surface area (Å²) in [4.78, 5) is 25.0. The molecule has 2 amide bonds. The van der Waals surface area contributed by atoms with Crippen molar-refractivity contribution in [2.75, 3.05) is 13.1 Å². The van der Waals surface area contributed by atoms with Gasteiger partial charge in [-0.3, -0.25) is 9.59 Å². The fourth-order valence-electron chi connectivity index (χ4n) is 1.74. The van der Waals surface area contributed by atoms with Crippen LogP contribution in [0.5, 0.6) is 0 Å². The molecule has 0 aromatic rings. The van der Waals surface area contributed by atoms with E-state index in [-0.39, 0.29) is 24.3 Å². The van der Waals surface area contributed by atoms with Gasteiger partial charge in [-0.05, 0) is 26.7 Å². The number of carbonyl (C=O) groups is 2. The van der Waals surface area contributed by atoms with Gasteiger partial charge in [0.15, 0.2) is 0 Å². The average molecular weight is 258 g/mol. The summed E-state index contributed by atoms with van der Waals surface area (Å²) < 4.78 is 0. The predicted octanol–water partition coefficient (Wildman–Crippen LogP) is 0.766. The fraction of sp³-hybridized carbons (Fsp3) is 0.846. The number of amides is 2. The molecule has 0 fully saturated rings. The number of hydrogen-bond acceptors (Lipinski definition) is 3.